The molecule has 84 valence electrons. The number of benzene rings is 1. The maximum atomic E-state index is 5.84. The number of anilines is 1. The van der Waals surface area contributed by atoms with Crippen LogP contribution in [-0.2, 0) is 0 Å². The first-order valence-corrected chi connectivity index (χ1v) is 6.19. The van der Waals surface area contributed by atoms with Crippen LogP contribution in [0.5, 0.6) is 0 Å². The van der Waals surface area contributed by atoms with Crippen LogP contribution in [0.2, 0.25) is 0 Å². The third-order valence-corrected chi connectivity index (χ3v) is 3.24. The summed E-state index contributed by atoms with van der Waals surface area (Å²) < 4.78 is 1.13. The average molecular weight is 271 g/mol. The number of nitrogens with zero attached hydrogens (tertiary/aromatic N) is 1. The van der Waals surface area contributed by atoms with E-state index in [1.54, 1.807) is 0 Å². The molecule has 0 bridgehead atoms. The minimum Gasteiger partial charge on any atom is -0.371 e. The van der Waals surface area contributed by atoms with Gasteiger partial charge >= 0.3 is 0 Å². The highest BCUT2D eigenvalue weighted by atomic mass is 79.9. The van der Waals surface area contributed by atoms with Crippen LogP contribution in [-0.4, -0.2) is 13.1 Å². The van der Waals surface area contributed by atoms with Crippen molar-refractivity contribution in [2.45, 2.75) is 26.8 Å². The average Bonchev–Trinajstić information content (AvgIpc) is 2.21. The van der Waals surface area contributed by atoms with Gasteiger partial charge in [0, 0.05) is 23.6 Å². The van der Waals surface area contributed by atoms with Crippen molar-refractivity contribution in [1.29, 1.82) is 0 Å². The number of halogens is 1. The zero-order chi connectivity index (χ0) is 11.4. The molecule has 1 aromatic carbocycles. The Bertz CT molecular complexity index is 319. The van der Waals surface area contributed by atoms with Gasteiger partial charge in [-0.15, -0.1) is 0 Å². The van der Waals surface area contributed by atoms with Crippen LogP contribution in [0.1, 0.15) is 32.4 Å². The Morgan fingerprint density at radius 3 is 2.33 bits per heavy atom. The smallest absolute Gasteiger partial charge is 0.0510 e. The molecule has 0 heterocycles. The van der Waals surface area contributed by atoms with Crippen molar-refractivity contribution in [3.8, 4) is 0 Å². The van der Waals surface area contributed by atoms with Gasteiger partial charge in [-0.25, -0.2) is 0 Å². The van der Waals surface area contributed by atoms with Gasteiger partial charge in [0.15, 0.2) is 0 Å². The van der Waals surface area contributed by atoms with Crippen LogP contribution < -0.4 is 10.6 Å². The van der Waals surface area contributed by atoms with E-state index in [2.05, 4.69) is 52.9 Å². The molecule has 0 saturated carbocycles. The monoisotopic (exact) mass is 270 g/mol. The van der Waals surface area contributed by atoms with Crippen LogP contribution in [0.4, 0.5) is 5.69 Å². The van der Waals surface area contributed by atoms with E-state index < -0.39 is 0 Å². The molecule has 3 heteroatoms. The Morgan fingerprint density at radius 1 is 1.33 bits per heavy atom. The molecule has 0 amide bonds. The van der Waals surface area contributed by atoms with Crippen LogP contribution in [0.25, 0.3) is 0 Å². The normalized spacial score (nSPS) is 12.6. The topological polar surface area (TPSA) is 29.3 Å². The van der Waals surface area contributed by atoms with Crippen LogP contribution >= 0.6 is 15.9 Å². The summed E-state index contributed by atoms with van der Waals surface area (Å²) >= 11 is 3.60. The molecule has 0 fully saturated rings. The predicted octanol–water partition coefficient (Wildman–Crippen LogP) is 3.32. The summed E-state index contributed by atoms with van der Waals surface area (Å²) in [5, 5.41) is 0. The lowest BCUT2D eigenvalue weighted by molar-refractivity contribution is 0.813. The molecule has 1 atom stereocenters. The van der Waals surface area contributed by atoms with Crippen LogP contribution in [0.3, 0.4) is 0 Å². The summed E-state index contributed by atoms with van der Waals surface area (Å²) in [6.07, 6.45) is 0. The van der Waals surface area contributed by atoms with E-state index in [-0.39, 0.29) is 6.04 Å². The predicted molar refractivity (Wildman–Crippen MR) is 70.3 cm³/mol. The first kappa shape index (κ1) is 12.5. The molecule has 0 aromatic heterocycles. The molecule has 0 saturated heterocycles. The summed E-state index contributed by atoms with van der Waals surface area (Å²) in [4.78, 5) is 2.31. The molecule has 0 spiro atoms. The quantitative estimate of drug-likeness (QED) is 0.910. The molecule has 2 N–H and O–H groups in total. The molecule has 0 aliphatic rings. The van der Waals surface area contributed by atoms with Gasteiger partial charge in [0.2, 0.25) is 0 Å². The number of hydrogen-bond donors (Lipinski definition) is 1. The maximum absolute atomic E-state index is 5.84. The summed E-state index contributed by atoms with van der Waals surface area (Å²) in [5.74, 6) is 0. The molecular weight excluding hydrogens is 252 g/mol. The van der Waals surface area contributed by atoms with Gasteiger partial charge in [0.1, 0.15) is 0 Å². The maximum Gasteiger partial charge on any atom is 0.0510 e. The highest BCUT2D eigenvalue weighted by Crippen LogP contribution is 2.28. The van der Waals surface area contributed by atoms with Gasteiger partial charge in [-0.2, -0.15) is 0 Å². The summed E-state index contributed by atoms with van der Waals surface area (Å²) in [6.45, 7) is 8.36. The minimum atomic E-state index is 0.0899. The largest absolute Gasteiger partial charge is 0.371 e. The lowest BCUT2D eigenvalue weighted by Gasteiger charge is -2.23. The molecule has 15 heavy (non-hydrogen) atoms. The molecule has 1 rings (SSSR count). The van der Waals surface area contributed by atoms with E-state index >= 15 is 0 Å². The molecule has 0 aliphatic heterocycles. The van der Waals surface area contributed by atoms with Gasteiger partial charge < -0.3 is 10.6 Å². The van der Waals surface area contributed by atoms with Crippen molar-refractivity contribution in [1.82, 2.24) is 0 Å². The first-order valence-electron chi connectivity index (χ1n) is 5.40. The lowest BCUT2D eigenvalue weighted by atomic mass is 10.1. The molecule has 2 nitrogen and oxygen atoms in total. The van der Waals surface area contributed by atoms with E-state index in [1.807, 2.05) is 6.92 Å². The Morgan fingerprint density at radius 2 is 1.93 bits per heavy atom. The number of rotatable bonds is 4. The first-order chi connectivity index (χ1) is 7.10. The zero-order valence-corrected chi connectivity index (χ0v) is 11.2. The Hall–Kier alpha value is -0.540. The highest BCUT2D eigenvalue weighted by Gasteiger charge is 2.08. The van der Waals surface area contributed by atoms with Gasteiger partial charge in [0.25, 0.3) is 0 Å². The van der Waals surface area contributed by atoms with Crippen LogP contribution in [0.15, 0.2) is 22.7 Å². The minimum absolute atomic E-state index is 0.0899. The molecule has 0 aliphatic carbocycles. The van der Waals surface area contributed by atoms with Crippen molar-refractivity contribution < 1.29 is 0 Å². The number of nitrogens with two attached hydrogens (primary N) is 1. The second-order valence-corrected chi connectivity index (χ2v) is 4.53. The highest BCUT2D eigenvalue weighted by molar-refractivity contribution is 9.10. The van der Waals surface area contributed by atoms with Crippen molar-refractivity contribution in [3.63, 3.8) is 0 Å². The van der Waals surface area contributed by atoms with Crippen molar-refractivity contribution in [2.24, 2.45) is 5.73 Å². The van der Waals surface area contributed by atoms with E-state index in [1.165, 1.54) is 5.69 Å². The summed E-state index contributed by atoms with van der Waals surface area (Å²) in [7, 11) is 0. The van der Waals surface area contributed by atoms with E-state index in [0.29, 0.717) is 0 Å². The Balaban J connectivity index is 3.02. The van der Waals surface area contributed by atoms with Crippen LogP contribution in [0, 0.1) is 0 Å². The van der Waals surface area contributed by atoms with Gasteiger partial charge in [-0.3, -0.25) is 0 Å². The SMILES string of the molecule is CCN(CC)c1ccc(C(C)N)cc1Br. The second-order valence-electron chi connectivity index (χ2n) is 3.67. The molecule has 1 aromatic rings. The van der Waals surface area contributed by atoms with Crippen molar-refractivity contribution >= 4 is 21.6 Å². The zero-order valence-electron chi connectivity index (χ0n) is 9.63. The summed E-state index contributed by atoms with van der Waals surface area (Å²) in [5.41, 5.74) is 8.24. The fourth-order valence-electron chi connectivity index (χ4n) is 1.63. The fraction of sp³-hybridized carbons (Fsp3) is 0.500. The standard InChI is InChI=1S/C12H19BrN2/c1-4-15(5-2)12-7-6-10(9(3)14)8-11(12)13/h6-9H,4-5,14H2,1-3H3. The van der Waals surface area contributed by atoms with Crippen molar-refractivity contribution in [3.05, 3.63) is 28.2 Å². The summed E-state index contributed by atoms with van der Waals surface area (Å²) in [6, 6.07) is 6.43. The van der Waals surface area contributed by atoms with Gasteiger partial charge in [-0.1, -0.05) is 6.07 Å². The van der Waals surface area contributed by atoms with E-state index in [4.69, 9.17) is 5.73 Å². The Kier molecular flexibility index (Phi) is 4.61. The van der Waals surface area contributed by atoms with Gasteiger partial charge in [-0.05, 0) is 54.4 Å². The molecular formula is C12H19BrN2. The second kappa shape index (κ2) is 5.52. The molecule has 1 unspecified atom stereocenters. The fourth-order valence-corrected chi connectivity index (χ4v) is 2.27. The van der Waals surface area contributed by atoms with E-state index in [0.717, 1.165) is 23.1 Å². The molecule has 0 radical (unpaired) electrons. The van der Waals surface area contributed by atoms with Crippen molar-refractivity contribution in [2.75, 3.05) is 18.0 Å². The van der Waals surface area contributed by atoms with Gasteiger partial charge in [0.05, 0.1) is 5.69 Å². The van der Waals surface area contributed by atoms with E-state index in [9.17, 15) is 0 Å². The lowest BCUT2D eigenvalue weighted by Crippen LogP contribution is -2.22. The third kappa shape index (κ3) is 2.95. The Labute approximate surface area is 101 Å². The number of hydrogen-bond acceptors (Lipinski definition) is 2. The third-order valence-electron chi connectivity index (χ3n) is 2.60.